The van der Waals surface area contributed by atoms with Crippen LogP contribution in [0.3, 0.4) is 0 Å². The van der Waals surface area contributed by atoms with Crippen molar-refractivity contribution in [2.75, 3.05) is 5.32 Å². The summed E-state index contributed by atoms with van der Waals surface area (Å²) in [5.41, 5.74) is 0.521. The Kier molecular flexibility index (Phi) is 6.29. The summed E-state index contributed by atoms with van der Waals surface area (Å²) < 4.78 is 0.691. The molecule has 0 aliphatic rings. The number of amides is 2. The Morgan fingerprint density at radius 2 is 2.05 bits per heavy atom. The summed E-state index contributed by atoms with van der Waals surface area (Å²) in [6, 6.07) is 4.11. The van der Waals surface area contributed by atoms with E-state index in [2.05, 4.69) is 26.6 Å². The van der Waals surface area contributed by atoms with Crippen molar-refractivity contribution in [2.45, 2.75) is 26.3 Å². The summed E-state index contributed by atoms with van der Waals surface area (Å²) in [7, 11) is 0. The van der Waals surface area contributed by atoms with Crippen LogP contribution < -0.4 is 10.6 Å². The Balaban J connectivity index is 2.70. The molecule has 20 heavy (non-hydrogen) atoms. The normalized spacial score (nSPS) is 12.1. The first kappa shape index (κ1) is 16.8. The Morgan fingerprint density at radius 1 is 1.40 bits per heavy atom. The second-order valence-corrected chi connectivity index (χ2v) is 5.96. The van der Waals surface area contributed by atoms with Crippen molar-refractivity contribution in [3.8, 4) is 0 Å². The van der Waals surface area contributed by atoms with Gasteiger partial charge in [-0.25, -0.2) is 4.79 Å². The van der Waals surface area contributed by atoms with Crippen molar-refractivity contribution < 1.29 is 14.7 Å². The van der Waals surface area contributed by atoms with E-state index in [9.17, 15) is 9.59 Å². The molecule has 5 nitrogen and oxygen atoms in total. The summed E-state index contributed by atoms with van der Waals surface area (Å²) in [6.07, 6.45) is -0.123. The molecule has 7 heteroatoms. The third-order valence-electron chi connectivity index (χ3n) is 2.69. The minimum absolute atomic E-state index is 0.0136. The van der Waals surface area contributed by atoms with Crippen LogP contribution in [0.1, 0.15) is 20.3 Å². The molecule has 0 aliphatic heterocycles. The minimum Gasteiger partial charge on any atom is -0.481 e. The lowest BCUT2D eigenvalue weighted by molar-refractivity contribution is -0.137. The fraction of sp³-hybridized carbons (Fsp3) is 0.385. The molecule has 0 radical (unpaired) electrons. The molecule has 0 aliphatic carbocycles. The minimum atomic E-state index is -0.951. The van der Waals surface area contributed by atoms with Crippen molar-refractivity contribution in [1.82, 2.24) is 5.32 Å². The van der Waals surface area contributed by atoms with Crippen molar-refractivity contribution >= 4 is 45.2 Å². The molecule has 0 aromatic heterocycles. The van der Waals surface area contributed by atoms with Crippen LogP contribution in [-0.2, 0) is 4.79 Å². The predicted molar refractivity (Wildman–Crippen MR) is 82.2 cm³/mol. The zero-order valence-electron chi connectivity index (χ0n) is 11.1. The summed E-state index contributed by atoms with van der Waals surface area (Å²) in [5.74, 6) is -0.937. The highest BCUT2D eigenvalue weighted by molar-refractivity contribution is 9.10. The lowest BCUT2D eigenvalue weighted by Crippen LogP contribution is -2.42. The molecule has 1 aromatic rings. The highest BCUT2D eigenvalue weighted by Gasteiger charge is 2.19. The van der Waals surface area contributed by atoms with Gasteiger partial charge in [0.25, 0.3) is 0 Å². The van der Waals surface area contributed by atoms with Crippen LogP contribution in [0.5, 0.6) is 0 Å². The standard InChI is InChI=1S/C13H16BrClN2O3/c1-7(2)10(6-12(18)19)16-13(20)17-11-5-8(15)3-4-9(11)14/h3-5,7,10H,6H2,1-2H3,(H,18,19)(H2,16,17,20). The van der Waals surface area contributed by atoms with Crippen molar-refractivity contribution in [3.05, 3.63) is 27.7 Å². The topological polar surface area (TPSA) is 78.4 Å². The molecule has 2 amide bonds. The number of carboxylic acid groups (broad SMARTS) is 1. The molecule has 0 bridgehead atoms. The van der Waals surface area contributed by atoms with Gasteiger partial charge in [0.15, 0.2) is 0 Å². The van der Waals surface area contributed by atoms with Crippen molar-refractivity contribution in [1.29, 1.82) is 0 Å². The first-order chi connectivity index (χ1) is 9.29. The van der Waals surface area contributed by atoms with E-state index >= 15 is 0 Å². The quantitative estimate of drug-likeness (QED) is 0.746. The number of aliphatic carboxylic acids is 1. The third kappa shape index (κ3) is 5.38. The van der Waals surface area contributed by atoms with E-state index in [1.807, 2.05) is 13.8 Å². The number of hydrogen-bond acceptors (Lipinski definition) is 2. The van der Waals surface area contributed by atoms with Crippen molar-refractivity contribution in [3.63, 3.8) is 0 Å². The summed E-state index contributed by atoms with van der Waals surface area (Å²) >= 11 is 9.15. The van der Waals surface area contributed by atoms with Crippen LogP contribution in [-0.4, -0.2) is 23.1 Å². The lowest BCUT2D eigenvalue weighted by atomic mass is 10.0. The molecule has 0 spiro atoms. The maximum absolute atomic E-state index is 11.9. The molecule has 110 valence electrons. The van der Waals surface area contributed by atoms with E-state index in [1.165, 1.54) is 0 Å². The Bertz CT molecular complexity index is 508. The second-order valence-electron chi connectivity index (χ2n) is 4.67. The fourth-order valence-corrected chi connectivity index (χ4v) is 2.08. The number of benzene rings is 1. The van der Waals surface area contributed by atoms with E-state index < -0.39 is 18.0 Å². The average Bonchev–Trinajstić information content (AvgIpc) is 2.32. The molecule has 1 unspecified atom stereocenters. The molecule has 0 heterocycles. The van der Waals surface area contributed by atoms with E-state index in [0.29, 0.717) is 15.2 Å². The third-order valence-corrected chi connectivity index (χ3v) is 3.62. The van der Waals surface area contributed by atoms with Crippen LogP contribution in [0, 0.1) is 5.92 Å². The number of rotatable bonds is 5. The molecule has 1 atom stereocenters. The summed E-state index contributed by atoms with van der Waals surface area (Å²) in [6.45, 7) is 3.70. The molecule has 0 saturated heterocycles. The number of carboxylic acids is 1. The van der Waals surface area contributed by atoms with E-state index in [4.69, 9.17) is 16.7 Å². The summed E-state index contributed by atoms with van der Waals surface area (Å²) in [5, 5.41) is 14.6. The van der Waals surface area contributed by atoms with Gasteiger partial charge in [-0.1, -0.05) is 25.4 Å². The SMILES string of the molecule is CC(C)C(CC(=O)O)NC(=O)Nc1cc(Cl)ccc1Br. The van der Waals surface area contributed by atoms with Crippen LogP contribution in [0.15, 0.2) is 22.7 Å². The monoisotopic (exact) mass is 362 g/mol. The fourth-order valence-electron chi connectivity index (χ4n) is 1.56. The van der Waals surface area contributed by atoms with Gasteiger partial charge in [0.1, 0.15) is 0 Å². The Morgan fingerprint density at radius 3 is 2.60 bits per heavy atom. The van der Waals surface area contributed by atoms with E-state index in [0.717, 1.165) is 0 Å². The number of halogens is 2. The van der Waals surface area contributed by atoms with Crippen LogP contribution >= 0.6 is 27.5 Å². The maximum atomic E-state index is 11.9. The zero-order valence-corrected chi connectivity index (χ0v) is 13.5. The molecular weight excluding hydrogens is 348 g/mol. The predicted octanol–water partition coefficient (Wildman–Crippen LogP) is 3.72. The van der Waals surface area contributed by atoms with Crippen molar-refractivity contribution in [2.24, 2.45) is 5.92 Å². The van der Waals surface area contributed by atoms with Crippen LogP contribution in [0.25, 0.3) is 0 Å². The van der Waals surface area contributed by atoms with Gasteiger partial charge in [-0.3, -0.25) is 4.79 Å². The summed E-state index contributed by atoms with van der Waals surface area (Å²) in [4.78, 5) is 22.6. The zero-order chi connectivity index (χ0) is 15.3. The first-order valence-electron chi connectivity index (χ1n) is 6.04. The van der Waals surface area contributed by atoms with Gasteiger partial charge in [-0.2, -0.15) is 0 Å². The number of anilines is 1. The molecular formula is C13H16BrClN2O3. The lowest BCUT2D eigenvalue weighted by Gasteiger charge is -2.21. The highest BCUT2D eigenvalue weighted by Crippen LogP contribution is 2.25. The van der Waals surface area contributed by atoms with E-state index in [1.54, 1.807) is 18.2 Å². The van der Waals surface area contributed by atoms with Crippen LogP contribution in [0.4, 0.5) is 10.5 Å². The number of hydrogen-bond donors (Lipinski definition) is 3. The van der Waals surface area contributed by atoms with Gasteiger partial charge in [0.05, 0.1) is 12.1 Å². The van der Waals surface area contributed by atoms with Gasteiger partial charge in [0.2, 0.25) is 0 Å². The van der Waals surface area contributed by atoms with Gasteiger partial charge in [-0.15, -0.1) is 0 Å². The molecule has 0 saturated carbocycles. The largest absolute Gasteiger partial charge is 0.481 e. The van der Waals surface area contributed by atoms with Gasteiger partial charge in [-0.05, 0) is 40.0 Å². The second kappa shape index (κ2) is 7.50. The molecule has 0 fully saturated rings. The number of carbonyl (C=O) groups is 2. The average molecular weight is 364 g/mol. The van der Waals surface area contributed by atoms with Gasteiger partial charge >= 0.3 is 12.0 Å². The van der Waals surface area contributed by atoms with E-state index in [-0.39, 0.29) is 12.3 Å². The number of carbonyl (C=O) groups excluding carboxylic acids is 1. The Hall–Kier alpha value is -1.27. The number of nitrogens with one attached hydrogen (secondary N) is 2. The smallest absolute Gasteiger partial charge is 0.319 e. The van der Waals surface area contributed by atoms with Crippen LogP contribution in [0.2, 0.25) is 5.02 Å². The number of urea groups is 1. The highest BCUT2D eigenvalue weighted by atomic mass is 79.9. The molecule has 1 rings (SSSR count). The molecule has 3 N–H and O–H groups in total. The first-order valence-corrected chi connectivity index (χ1v) is 7.21. The maximum Gasteiger partial charge on any atom is 0.319 e. The molecule has 1 aromatic carbocycles. The van der Waals surface area contributed by atoms with Gasteiger partial charge < -0.3 is 15.7 Å². The Labute approximate surface area is 130 Å². The van der Waals surface area contributed by atoms with Gasteiger partial charge in [0, 0.05) is 15.5 Å².